The highest BCUT2D eigenvalue weighted by atomic mass is 19.2. The van der Waals surface area contributed by atoms with Crippen molar-refractivity contribution in [3.05, 3.63) is 59.2 Å². The summed E-state index contributed by atoms with van der Waals surface area (Å²) in [6, 6.07) is 6.06. The van der Waals surface area contributed by atoms with E-state index in [1.807, 2.05) is 0 Å². The number of halogens is 5. The molecular formula is C12H8BF5O3. The maximum atomic E-state index is 14.2. The Morgan fingerprint density at radius 1 is 1.00 bits per heavy atom. The van der Waals surface area contributed by atoms with Crippen molar-refractivity contribution in [2.24, 2.45) is 0 Å². The van der Waals surface area contributed by atoms with Crippen molar-refractivity contribution in [1.29, 1.82) is 0 Å². The zero-order valence-electron chi connectivity index (χ0n) is 10.2. The second kappa shape index (κ2) is 5.59. The highest BCUT2D eigenvalue weighted by Gasteiger charge is 2.56. The lowest BCUT2D eigenvalue weighted by molar-refractivity contribution is -0.0367. The van der Waals surface area contributed by atoms with Crippen LogP contribution in [0, 0.1) is 0 Å². The third-order valence-electron chi connectivity index (χ3n) is 2.99. The van der Waals surface area contributed by atoms with Gasteiger partial charge in [-0.25, -0.2) is 22.0 Å². The molecule has 0 aromatic heterocycles. The highest BCUT2D eigenvalue weighted by molar-refractivity contribution is 6.32. The zero-order chi connectivity index (χ0) is 15.8. The molecule has 112 valence electrons. The van der Waals surface area contributed by atoms with Crippen molar-refractivity contribution in [1.82, 2.24) is 0 Å². The first kappa shape index (κ1) is 15.7. The van der Waals surface area contributed by atoms with E-state index in [1.165, 1.54) is 18.2 Å². The molecule has 1 aliphatic carbocycles. The van der Waals surface area contributed by atoms with Gasteiger partial charge in [-0.05, 0) is 5.56 Å². The van der Waals surface area contributed by atoms with E-state index in [4.69, 9.17) is 10.0 Å². The van der Waals surface area contributed by atoms with Gasteiger partial charge in [-0.3, -0.25) is 0 Å². The van der Waals surface area contributed by atoms with E-state index in [2.05, 4.69) is 4.65 Å². The summed E-state index contributed by atoms with van der Waals surface area (Å²) < 4.78 is 72.5. The molecule has 1 aliphatic rings. The summed E-state index contributed by atoms with van der Waals surface area (Å²) in [5.74, 6) is -9.00. The van der Waals surface area contributed by atoms with Crippen LogP contribution in [0.4, 0.5) is 22.0 Å². The Bertz CT molecular complexity index is 604. The largest absolute Gasteiger partial charge is 0.635 e. The second-order valence-electron chi connectivity index (χ2n) is 4.20. The fourth-order valence-corrected chi connectivity index (χ4v) is 2.07. The summed E-state index contributed by atoms with van der Waals surface area (Å²) in [7, 11) is -2.75. The van der Waals surface area contributed by atoms with E-state index < -0.39 is 48.0 Å². The zero-order valence-corrected chi connectivity index (χ0v) is 10.2. The van der Waals surface area contributed by atoms with Crippen LogP contribution in [-0.4, -0.2) is 23.5 Å². The van der Waals surface area contributed by atoms with E-state index in [0.29, 0.717) is 0 Å². The van der Waals surface area contributed by atoms with Crippen LogP contribution < -0.4 is 0 Å². The minimum absolute atomic E-state index is 0.457. The molecule has 0 heterocycles. The minimum Gasteiger partial charge on any atom is -0.402 e. The summed E-state index contributed by atoms with van der Waals surface area (Å²) in [5, 5.41) is 17.7. The first-order chi connectivity index (χ1) is 9.82. The molecule has 9 heteroatoms. The molecule has 0 aliphatic heterocycles. The van der Waals surface area contributed by atoms with Crippen molar-refractivity contribution in [3.63, 3.8) is 0 Å². The average molecular weight is 306 g/mol. The Morgan fingerprint density at radius 3 is 2.10 bits per heavy atom. The van der Waals surface area contributed by atoms with Crippen LogP contribution in [0.25, 0.3) is 0 Å². The van der Waals surface area contributed by atoms with Crippen molar-refractivity contribution < 1.29 is 36.7 Å². The first-order valence-corrected chi connectivity index (χ1v) is 5.67. The monoisotopic (exact) mass is 306 g/mol. The molecule has 1 aromatic carbocycles. The fourth-order valence-electron chi connectivity index (χ4n) is 2.07. The predicted molar refractivity (Wildman–Crippen MR) is 62.8 cm³/mol. The van der Waals surface area contributed by atoms with Crippen molar-refractivity contribution in [3.8, 4) is 0 Å². The molecule has 0 radical (unpaired) electrons. The van der Waals surface area contributed by atoms with E-state index in [1.54, 1.807) is 0 Å². The van der Waals surface area contributed by atoms with Gasteiger partial charge in [-0.15, -0.1) is 0 Å². The summed E-state index contributed by atoms with van der Waals surface area (Å²) >= 11 is 0. The van der Waals surface area contributed by atoms with Gasteiger partial charge in [-0.1, -0.05) is 30.3 Å². The number of rotatable bonds is 3. The molecule has 0 spiro atoms. The normalized spacial score (nSPS) is 26.3. The van der Waals surface area contributed by atoms with Crippen LogP contribution in [0.15, 0.2) is 53.6 Å². The van der Waals surface area contributed by atoms with Gasteiger partial charge in [0, 0.05) is 0 Å². The standard InChI is InChI=1S/C12H8BF5O3/c14-7-8(15)10(17)12(21-13(19)20,11(18)9(7)16)6-4-2-1-3-5-6/h1-5,10,19-20H. The van der Waals surface area contributed by atoms with E-state index in [9.17, 15) is 22.0 Å². The smallest absolute Gasteiger partial charge is 0.402 e. The molecular weight excluding hydrogens is 298 g/mol. The molecule has 1 aromatic rings. The lowest BCUT2D eigenvalue weighted by atomic mass is 9.82. The number of hydrogen-bond acceptors (Lipinski definition) is 3. The van der Waals surface area contributed by atoms with Gasteiger partial charge in [0.15, 0.2) is 35.1 Å². The molecule has 2 N–H and O–H groups in total. The number of hydrogen-bond donors (Lipinski definition) is 2. The molecule has 0 amide bonds. The van der Waals surface area contributed by atoms with E-state index >= 15 is 0 Å². The third-order valence-corrected chi connectivity index (χ3v) is 2.99. The molecule has 3 nitrogen and oxygen atoms in total. The molecule has 21 heavy (non-hydrogen) atoms. The van der Waals surface area contributed by atoms with Crippen molar-refractivity contribution in [2.45, 2.75) is 11.8 Å². The van der Waals surface area contributed by atoms with Crippen molar-refractivity contribution >= 4 is 7.32 Å². The highest BCUT2D eigenvalue weighted by Crippen LogP contribution is 2.50. The topological polar surface area (TPSA) is 49.7 Å². The van der Waals surface area contributed by atoms with Crippen LogP contribution >= 0.6 is 0 Å². The van der Waals surface area contributed by atoms with Crippen LogP contribution in [-0.2, 0) is 10.3 Å². The first-order valence-electron chi connectivity index (χ1n) is 5.67. The maximum Gasteiger partial charge on any atom is 0.635 e. The third kappa shape index (κ3) is 2.37. The quantitative estimate of drug-likeness (QED) is 0.666. The Morgan fingerprint density at radius 2 is 1.57 bits per heavy atom. The van der Waals surface area contributed by atoms with E-state index in [-0.39, 0.29) is 0 Å². The van der Waals surface area contributed by atoms with Gasteiger partial charge in [0.2, 0.25) is 0 Å². The summed E-state index contributed by atoms with van der Waals surface area (Å²) in [5.41, 5.74) is -3.62. The molecule has 2 unspecified atom stereocenters. The predicted octanol–water partition coefficient (Wildman–Crippen LogP) is 2.52. The van der Waals surface area contributed by atoms with Crippen LogP contribution in [0.1, 0.15) is 5.56 Å². The van der Waals surface area contributed by atoms with Gasteiger partial charge < -0.3 is 14.7 Å². The van der Waals surface area contributed by atoms with Crippen LogP contribution in [0.3, 0.4) is 0 Å². The van der Waals surface area contributed by atoms with Crippen molar-refractivity contribution in [2.75, 3.05) is 0 Å². The van der Waals surface area contributed by atoms with E-state index in [0.717, 1.165) is 12.1 Å². The second-order valence-corrected chi connectivity index (χ2v) is 4.20. The van der Waals surface area contributed by atoms with Gasteiger partial charge in [0.05, 0.1) is 0 Å². The molecule has 0 fully saturated rings. The Labute approximate surface area is 116 Å². The SMILES string of the molecule is OB(O)OC1(c2ccccc2)C(F)=C(F)C(F)=C(F)C1F. The Kier molecular flexibility index (Phi) is 4.17. The molecule has 0 bridgehead atoms. The van der Waals surface area contributed by atoms with Crippen LogP contribution in [0.2, 0.25) is 0 Å². The van der Waals surface area contributed by atoms with Gasteiger partial charge in [-0.2, -0.15) is 0 Å². The van der Waals surface area contributed by atoms with Crippen LogP contribution in [0.5, 0.6) is 0 Å². The molecule has 2 atom stereocenters. The van der Waals surface area contributed by atoms with Gasteiger partial charge >= 0.3 is 7.32 Å². The Hall–Kier alpha value is -1.71. The minimum atomic E-state index is -3.17. The average Bonchev–Trinajstić information content (AvgIpc) is 2.48. The summed E-state index contributed by atoms with van der Waals surface area (Å²) in [4.78, 5) is 0. The summed E-state index contributed by atoms with van der Waals surface area (Å²) in [6.07, 6.45) is -3.14. The number of alkyl halides is 1. The molecule has 0 saturated carbocycles. The van der Waals surface area contributed by atoms with Gasteiger partial charge in [0.25, 0.3) is 0 Å². The molecule has 2 rings (SSSR count). The Balaban J connectivity index is 2.72. The fraction of sp³-hybridized carbons (Fsp3) is 0.167. The van der Waals surface area contributed by atoms with Gasteiger partial charge in [0.1, 0.15) is 0 Å². The lowest BCUT2D eigenvalue weighted by Gasteiger charge is -2.37. The maximum absolute atomic E-state index is 14.2. The summed E-state index contributed by atoms with van der Waals surface area (Å²) in [6.45, 7) is 0. The molecule has 0 saturated heterocycles. The lowest BCUT2D eigenvalue weighted by Crippen LogP contribution is -2.47. The number of benzene rings is 1. The number of allylic oxidation sites excluding steroid dienone is 2.